The molecule has 20 heavy (non-hydrogen) atoms. The molecule has 2 atom stereocenters. The van der Waals surface area contributed by atoms with Crippen LogP contribution in [0.25, 0.3) is 0 Å². The van der Waals surface area contributed by atoms with Crippen molar-refractivity contribution in [2.75, 3.05) is 16.8 Å². The molecule has 0 saturated carbocycles. The van der Waals surface area contributed by atoms with Gasteiger partial charge in [-0.15, -0.1) is 0 Å². The number of hydrogen-bond acceptors (Lipinski definition) is 4. The first-order valence-corrected chi connectivity index (χ1v) is 6.85. The summed E-state index contributed by atoms with van der Waals surface area (Å²) >= 11 is 0. The van der Waals surface area contributed by atoms with Crippen LogP contribution in [-0.2, 0) is 6.42 Å². The van der Waals surface area contributed by atoms with Crippen molar-refractivity contribution in [3.8, 4) is 5.75 Å². The number of anilines is 2. The van der Waals surface area contributed by atoms with Crippen LogP contribution in [0.3, 0.4) is 0 Å². The van der Waals surface area contributed by atoms with Crippen molar-refractivity contribution in [1.82, 2.24) is 0 Å². The van der Waals surface area contributed by atoms with Crippen LogP contribution in [0.5, 0.6) is 5.75 Å². The first-order chi connectivity index (χ1) is 9.74. The lowest BCUT2D eigenvalue weighted by Gasteiger charge is -2.30. The minimum atomic E-state index is -0.686. The number of nitrogens with zero attached hydrogens (tertiary/aromatic N) is 1. The minimum absolute atomic E-state index is 0.214. The number of rotatable bonds is 0. The van der Waals surface area contributed by atoms with Gasteiger partial charge in [-0.1, -0.05) is 18.2 Å². The smallest absolute Gasteiger partial charge is 0.155 e. The van der Waals surface area contributed by atoms with Crippen LogP contribution in [0.2, 0.25) is 0 Å². The van der Waals surface area contributed by atoms with E-state index in [4.69, 9.17) is 0 Å². The average molecular weight is 268 g/mol. The maximum Gasteiger partial charge on any atom is 0.155 e. The Morgan fingerprint density at radius 2 is 2.00 bits per heavy atom. The van der Waals surface area contributed by atoms with E-state index < -0.39 is 6.23 Å². The van der Waals surface area contributed by atoms with Gasteiger partial charge < -0.3 is 20.4 Å². The highest BCUT2D eigenvalue weighted by Crippen LogP contribution is 2.41. The number of phenolic OH excluding ortho intramolecular Hbond substituents is 1. The number of para-hydroxylation sites is 1. The molecule has 0 spiro atoms. The molecule has 1 unspecified atom stereocenters. The van der Waals surface area contributed by atoms with Crippen molar-refractivity contribution in [1.29, 1.82) is 0 Å². The van der Waals surface area contributed by atoms with Crippen LogP contribution in [0, 0.1) is 0 Å². The number of fused-ring (bicyclic) bond motifs is 4. The number of aromatic hydroxyl groups is 1. The largest absolute Gasteiger partial charge is 0.508 e. The van der Waals surface area contributed by atoms with Crippen molar-refractivity contribution in [3.63, 3.8) is 0 Å². The topological polar surface area (TPSA) is 55.7 Å². The average Bonchev–Trinajstić information content (AvgIpc) is 2.76. The van der Waals surface area contributed by atoms with Gasteiger partial charge in [0.1, 0.15) is 5.75 Å². The number of benzene rings is 2. The van der Waals surface area contributed by atoms with Gasteiger partial charge in [0.2, 0.25) is 0 Å². The summed E-state index contributed by atoms with van der Waals surface area (Å²) in [6.07, 6.45) is 0.245. The fourth-order valence-electron chi connectivity index (χ4n) is 3.29. The summed E-state index contributed by atoms with van der Waals surface area (Å²) < 4.78 is 0. The maximum atomic E-state index is 10.8. The summed E-state index contributed by atoms with van der Waals surface area (Å²) in [5, 5.41) is 23.7. The first-order valence-electron chi connectivity index (χ1n) is 6.85. The van der Waals surface area contributed by atoms with Gasteiger partial charge in [0.15, 0.2) is 6.23 Å². The van der Waals surface area contributed by atoms with Gasteiger partial charge in [0.05, 0.1) is 6.04 Å². The Bertz CT molecular complexity index is 671. The number of phenols is 1. The van der Waals surface area contributed by atoms with E-state index in [1.54, 1.807) is 18.2 Å². The number of hydrogen-bond donors (Lipinski definition) is 3. The molecule has 102 valence electrons. The van der Waals surface area contributed by atoms with E-state index in [0.29, 0.717) is 0 Å². The Morgan fingerprint density at radius 3 is 2.90 bits per heavy atom. The third kappa shape index (κ3) is 1.58. The monoisotopic (exact) mass is 268 g/mol. The van der Waals surface area contributed by atoms with Gasteiger partial charge in [0, 0.05) is 29.5 Å². The Labute approximate surface area is 117 Å². The molecule has 0 aromatic heterocycles. The van der Waals surface area contributed by atoms with Gasteiger partial charge in [-0.2, -0.15) is 0 Å². The molecule has 0 fully saturated rings. The van der Waals surface area contributed by atoms with Gasteiger partial charge in [-0.3, -0.25) is 0 Å². The summed E-state index contributed by atoms with van der Waals surface area (Å²) in [5.41, 5.74) is 4.00. The second-order valence-electron chi connectivity index (χ2n) is 5.42. The normalized spacial score (nSPS) is 23.4. The Kier molecular flexibility index (Phi) is 2.41. The van der Waals surface area contributed by atoms with E-state index in [2.05, 4.69) is 22.3 Å². The maximum absolute atomic E-state index is 10.8. The zero-order valence-corrected chi connectivity index (χ0v) is 11.0. The summed E-state index contributed by atoms with van der Waals surface area (Å²) in [4.78, 5) is 2.07. The summed E-state index contributed by atoms with van der Waals surface area (Å²) in [6.45, 7) is 0.752. The van der Waals surface area contributed by atoms with Crippen molar-refractivity contribution < 1.29 is 10.2 Å². The molecule has 0 bridgehead atoms. The van der Waals surface area contributed by atoms with E-state index >= 15 is 0 Å². The van der Waals surface area contributed by atoms with Crippen LogP contribution in [0.15, 0.2) is 42.5 Å². The standard InChI is InChI=1S/C16H16N2O2/c19-12-5-6-13-14(8-12)17-9-11-7-10-3-1-2-4-15(10)18(11)16(13)20/h1-6,8,11,16-17,19-20H,7,9H2/t11-,16?/m0/s1. The van der Waals surface area contributed by atoms with Crippen molar-refractivity contribution in [3.05, 3.63) is 53.6 Å². The predicted octanol–water partition coefficient (Wildman–Crippen LogP) is 2.24. The first kappa shape index (κ1) is 11.6. The molecule has 2 aromatic carbocycles. The quantitative estimate of drug-likeness (QED) is 0.686. The lowest BCUT2D eigenvalue weighted by atomic mass is 10.1. The van der Waals surface area contributed by atoms with Gasteiger partial charge in [0.25, 0.3) is 0 Å². The molecule has 0 saturated heterocycles. The molecule has 2 aliphatic heterocycles. The molecule has 2 aromatic rings. The Balaban J connectivity index is 1.83. The minimum Gasteiger partial charge on any atom is -0.508 e. The molecular formula is C16H16N2O2. The molecule has 4 rings (SSSR count). The van der Waals surface area contributed by atoms with Gasteiger partial charge in [-0.25, -0.2) is 0 Å². The molecule has 4 heteroatoms. The number of aliphatic hydroxyl groups excluding tert-OH is 1. The molecule has 0 radical (unpaired) electrons. The summed E-state index contributed by atoms with van der Waals surface area (Å²) in [5.74, 6) is 0.214. The Morgan fingerprint density at radius 1 is 1.15 bits per heavy atom. The van der Waals surface area contributed by atoms with E-state index in [1.807, 2.05) is 12.1 Å². The third-order valence-electron chi connectivity index (χ3n) is 4.23. The van der Waals surface area contributed by atoms with Gasteiger partial charge >= 0.3 is 0 Å². The molecule has 0 aliphatic carbocycles. The highest BCUT2D eigenvalue weighted by Gasteiger charge is 2.36. The second-order valence-corrected chi connectivity index (χ2v) is 5.42. The van der Waals surface area contributed by atoms with Crippen LogP contribution in [0.4, 0.5) is 11.4 Å². The SMILES string of the molecule is Oc1ccc2c(c1)NC[C@@H]1Cc3ccccc3N1C2O. The van der Waals surface area contributed by atoms with E-state index in [9.17, 15) is 10.2 Å². The van der Waals surface area contributed by atoms with Crippen LogP contribution in [0.1, 0.15) is 17.4 Å². The zero-order valence-electron chi connectivity index (χ0n) is 11.0. The second kappa shape index (κ2) is 4.15. The lowest BCUT2D eigenvalue weighted by molar-refractivity contribution is 0.167. The third-order valence-corrected chi connectivity index (χ3v) is 4.23. The molecule has 4 nitrogen and oxygen atoms in total. The van der Waals surface area contributed by atoms with E-state index in [-0.39, 0.29) is 11.8 Å². The van der Waals surface area contributed by atoms with Crippen LogP contribution in [-0.4, -0.2) is 22.8 Å². The van der Waals surface area contributed by atoms with Crippen molar-refractivity contribution >= 4 is 11.4 Å². The summed E-state index contributed by atoms with van der Waals surface area (Å²) in [7, 11) is 0. The molecule has 0 amide bonds. The van der Waals surface area contributed by atoms with Crippen molar-refractivity contribution in [2.45, 2.75) is 18.7 Å². The fraction of sp³-hybridized carbons (Fsp3) is 0.250. The molecular weight excluding hydrogens is 252 g/mol. The van der Waals surface area contributed by atoms with Gasteiger partial charge in [-0.05, 0) is 30.2 Å². The summed E-state index contributed by atoms with van der Waals surface area (Å²) in [6, 6.07) is 13.5. The predicted molar refractivity (Wildman–Crippen MR) is 78.0 cm³/mol. The fourth-order valence-corrected chi connectivity index (χ4v) is 3.29. The molecule has 2 aliphatic rings. The Hall–Kier alpha value is -2.20. The lowest BCUT2D eigenvalue weighted by Crippen LogP contribution is -2.37. The number of aliphatic hydroxyl groups is 1. The highest BCUT2D eigenvalue weighted by atomic mass is 16.3. The molecule has 2 heterocycles. The van der Waals surface area contributed by atoms with Crippen LogP contribution >= 0.6 is 0 Å². The van der Waals surface area contributed by atoms with Crippen LogP contribution < -0.4 is 10.2 Å². The van der Waals surface area contributed by atoms with E-state index in [0.717, 1.165) is 29.9 Å². The van der Waals surface area contributed by atoms with Crippen molar-refractivity contribution in [2.24, 2.45) is 0 Å². The highest BCUT2D eigenvalue weighted by molar-refractivity contribution is 5.66. The van der Waals surface area contributed by atoms with E-state index in [1.165, 1.54) is 5.56 Å². The molecule has 3 N–H and O–H groups in total. The zero-order chi connectivity index (χ0) is 13.7. The number of nitrogens with one attached hydrogen (secondary N) is 1.